The highest BCUT2D eigenvalue weighted by atomic mass is 31.0. The molecule has 0 aliphatic heterocycles. The normalized spacial score (nSPS) is 12.1. The maximum Gasteiger partial charge on any atom is 0.0431 e. The van der Waals surface area contributed by atoms with Gasteiger partial charge in [-0.25, -0.2) is 0 Å². The highest BCUT2D eigenvalue weighted by Gasteiger charge is 2.31. The minimum absolute atomic E-state index is 0.0202. The van der Waals surface area contributed by atoms with Crippen molar-refractivity contribution >= 4 is 29.9 Å². The van der Waals surface area contributed by atoms with E-state index in [1.165, 1.54) is 99.6 Å². The van der Waals surface area contributed by atoms with Crippen molar-refractivity contribution in [3.8, 4) is 0 Å². The van der Waals surface area contributed by atoms with E-state index in [9.17, 15) is 20.4 Å². The van der Waals surface area contributed by atoms with Crippen molar-refractivity contribution in [1.82, 2.24) is 0 Å². The van der Waals surface area contributed by atoms with E-state index in [1.54, 1.807) is 0 Å². The molecule has 7 heteroatoms. The first-order valence-electron chi connectivity index (χ1n) is 19.9. The summed E-state index contributed by atoms with van der Waals surface area (Å²) in [6.07, 6.45) is 26.7. The lowest BCUT2D eigenvalue weighted by Gasteiger charge is -2.35. The average Bonchev–Trinajstić information content (AvgIpc) is 3.11. The monoisotopic (exact) mass is 718 g/mol. The summed E-state index contributed by atoms with van der Waals surface area (Å²) in [5.41, 5.74) is 5.15. The molecular weight excluding hydrogens is 644 g/mol. The molecule has 0 aliphatic carbocycles. The number of hydrogen-bond donors (Lipinski definition) is 5. The lowest BCUT2D eigenvalue weighted by Crippen LogP contribution is -2.22. The Balaban J connectivity index is 2.32. The second-order valence-electron chi connectivity index (χ2n) is 14.5. The summed E-state index contributed by atoms with van der Waals surface area (Å²) in [6.45, 7) is 1.16. The summed E-state index contributed by atoms with van der Waals surface area (Å²) >= 11 is 0. The standard InChI is InChI=1S/C42H73NO4P2/c44-33-21-9-1-5-17-29-41(48,30-18-6-2-10-22-34-45)37-25-13-15-27-39(37)43-40-28-16-14-26-38(40)42(49,31-19-7-3-11-23-35-46)32-20-8-4-12-24-36-47/h13-16,25-28,43-47H,1-12,17-24,29-36,48-49H2. The minimum atomic E-state index is -0.0202. The van der Waals surface area contributed by atoms with E-state index < -0.39 is 0 Å². The van der Waals surface area contributed by atoms with Gasteiger partial charge in [0.05, 0.1) is 0 Å². The van der Waals surface area contributed by atoms with Crippen LogP contribution in [0.15, 0.2) is 48.5 Å². The second-order valence-corrected chi connectivity index (χ2v) is 16.7. The van der Waals surface area contributed by atoms with E-state index in [2.05, 4.69) is 72.3 Å². The number of unbranched alkanes of at least 4 members (excludes halogenated alkanes) is 16. The maximum atomic E-state index is 9.22. The Hall–Kier alpha value is -1.06. The third-order valence-corrected chi connectivity index (χ3v) is 12.1. The molecule has 0 fully saturated rings. The third-order valence-electron chi connectivity index (χ3n) is 10.3. The quantitative estimate of drug-likeness (QED) is 0.0384. The molecule has 2 aromatic carbocycles. The van der Waals surface area contributed by atoms with E-state index in [-0.39, 0.29) is 36.7 Å². The lowest BCUT2D eigenvalue weighted by molar-refractivity contribution is 0.281. The molecule has 49 heavy (non-hydrogen) atoms. The van der Waals surface area contributed by atoms with Crippen LogP contribution in [0.2, 0.25) is 0 Å². The Kier molecular flexibility index (Phi) is 24.8. The number of hydrogen-bond acceptors (Lipinski definition) is 5. The minimum Gasteiger partial charge on any atom is -0.396 e. The van der Waals surface area contributed by atoms with Gasteiger partial charge in [-0.15, -0.1) is 18.5 Å². The first-order chi connectivity index (χ1) is 23.9. The first-order valence-corrected chi connectivity index (χ1v) is 21.1. The summed E-state index contributed by atoms with van der Waals surface area (Å²) < 4.78 is 0. The van der Waals surface area contributed by atoms with Gasteiger partial charge in [-0.2, -0.15) is 0 Å². The van der Waals surface area contributed by atoms with Crippen LogP contribution in [0.5, 0.6) is 0 Å². The summed E-state index contributed by atoms with van der Waals surface area (Å²) in [7, 11) is 6.62. The van der Waals surface area contributed by atoms with Crippen molar-refractivity contribution in [1.29, 1.82) is 0 Å². The fourth-order valence-electron chi connectivity index (χ4n) is 7.32. The number of nitrogens with one attached hydrogen (secondary N) is 1. The average molecular weight is 718 g/mol. The van der Waals surface area contributed by atoms with E-state index in [0.29, 0.717) is 0 Å². The van der Waals surface area contributed by atoms with Gasteiger partial charge in [-0.1, -0.05) is 139 Å². The van der Waals surface area contributed by atoms with Gasteiger partial charge in [-0.3, -0.25) is 0 Å². The Labute approximate surface area is 305 Å². The van der Waals surface area contributed by atoms with Gasteiger partial charge in [0.2, 0.25) is 0 Å². The molecule has 0 spiro atoms. The Morgan fingerprint density at radius 1 is 0.367 bits per heavy atom. The second kappa shape index (κ2) is 27.6. The highest BCUT2D eigenvalue weighted by molar-refractivity contribution is 7.18. The van der Waals surface area contributed by atoms with E-state index >= 15 is 0 Å². The predicted octanol–water partition coefficient (Wildman–Crippen LogP) is 10.9. The smallest absolute Gasteiger partial charge is 0.0431 e. The molecule has 0 radical (unpaired) electrons. The molecule has 280 valence electrons. The van der Waals surface area contributed by atoms with Crippen molar-refractivity contribution in [2.24, 2.45) is 0 Å². The number of para-hydroxylation sites is 2. The molecule has 2 atom stereocenters. The van der Waals surface area contributed by atoms with Crippen molar-refractivity contribution in [3.63, 3.8) is 0 Å². The van der Waals surface area contributed by atoms with Crippen molar-refractivity contribution < 1.29 is 20.4 Å². The zero-order valence-electron chi connectivity index (χ0n) is 30.9. The first kappa shape index (κ1) is 44.1. The highest BCUT2D eigenvalue weighted by Crippen LogP contribution is 2.48. The van der Waals surface area contributed by atoms with Crippen LogP contribution in [0.3, 0.4) is 0 Å². The van der Waals surface area contributed by atoms with E-state index in [0.717, 1.165) is 77.0 Å². The van der Waals surface area contributed by atoms with E-state index in [1.807, 2.05) is 0 Å². The van der Waals surface area contributed by atoms with Gasteiger partial charge in [-0.05, 0) is 74.6 Å². The van der Waals surface area contributed by atoms with Gasteiger partial charge < -0.3 is 25.7 Å². The molecular formula is C42H73NO4P2. The zero-order valence-corrected chi connectivity index (χ0v) is 33.2. The zero-order chi connectivity index (χ0) is 35.5. The van der Waals surface area contributed by atoms with Gasteiger partial charge in [0, 0.05) is 48.1 Å². The van der Waals surface area contributed by atoms with Crippen molar-refractivity contribution in [3.05, 3.63) is 59.7 Å². The predicted molar refractivity (Wildman–Crippen MR) is 218 cm³/mol. The lowest BCUT2D eigenvalue weighted by atomic mass is 9.84. The Bertz CT molecular complexity index is 969. The molecule has 2 unspecified atom stereocenters. The van der Waals surface area contributed by atoms with Crippen LogP contribution in [-0.4, -0.2) is 46.9 Å². The summed E-state index contributed by atoms with van der Waals surface area (Å²) in [5.74, 6) is 0. The number of aliphatic hydroxyl groups excluding tert-OH is 4. The number of rotatable bonds is 32. The molecule has 5 nitrogen and oxygen atoms in total. The third kappa shape index (κ3) is 17.8. The molecule has 2 rings (SSSR count). The summed E-state index contributed by atoms with van der Waals surface area (Å²) in [6, 6.07) is 17.9. The van der Waals surface area contributed by atoms with Crippen LogP contribution in [0.4, 0.5) is 11.4 Å². The maximum absolute atomic E-state index is 9.22. The largest absolute Gasteiger partial charge is 0.396 e. The fourth-order valence-corrected chi connectivity index (χ4v) is 8.64. The van der Waals surface area contributed by atoms with Crippen molar-refractivity contribution in [2.75, 3.05) is 31.7 Å². The number of anilines is 2. The molecule has 0 saturated carbocycles. The van der Waals surface area contributed by atoms with Gasteiger partial charge in [0.25, 0.3) is 0 Å². The van der Waals surface area contributed by atoms with E-state index in [4.69, 9.17) is 0 Å². The Morgan fingerprint density at radius 3 is 0.898 bits per heavy atom. The van der Waals surface area contributed by atoms with Gasteiger partial charge in [0.15, 0.2) is 0 Å². The molecule has 0 amide bonds. The van der Waals surface area contributed by atoms with Crippen LogP contribution in [0.1, 0.15) is 165 Å². The van der Waals surface area contributed by atoms with Crippen LogP contribution < -0.4 is 5.32 Å². The summed E-state index contributed by atoms with van der Waals surface area (Å²) in [5, 5.41) is 40.8. The molecule has 5 N–H and O–H groups in total. The SMILES string of the molecule is OCCCCCCCC(P)(CCCCCCCO)c1ccccc1Nc1ccccc1C(P)(CCCCCCCO)CCCCCCCO. The topological polar surface area (TPSA) is 93.0 Å². The molecule has 0 aromatic heterocycles. The van der Waals surface area contributed by atoms with Gasteiger partial charge in [0.1, 0.15) is 0 Å². The van der Waals surface area contributed by atoms with Crippen LogP contribution in [-0.2, 0) is 10.3 Å². The molecule has 0 bridgehead atoms. The molecule has 0 aliphatic rings. The Morgan fingerprint density at radius 2 is 0.612 bits per heavy atom. The van der Waals surface area contributed by atoms with Gasteiger partial charge >= 0.3 is 0 Å². The van der Waals surface area contributed by atoms with Crippen LogP contribution in [0, 0.1) is 0 Å². The molecule has 0 heterocycles. The number of benzene rings is 2. The van der Waals surface area contributed by atoms with Crippen LogP contribution in [0.25, 0.3) is 0 Å². The summed E-state index contributed by atoms with van der Waals surface area (Å²) in [4.78, 5) is 0. The number of aliphatic hydroxyl groups is 4. The van der Waals surface area contributed by atoms with Crippen molar-refractivity contribution in [2.45, 2.75) is 164 Å². The van der Waals surface area contributed by atoms with Crippen LogP contribution >= 0.6 is 18.5 Å². The fraction of sp³-hybridized carbons (Fsp3) is 0.714. The molecule has 2 aromatic rings. The molecule has 0 saturated heterocycles.